The lowest BCUT2D eigenvalue weighted by Gasteiger charge is -2.22. The van der Waals surface area contributed by atoms with Crippen LogP contribution in [0.5, 0.6) is 0 Å². The molecule has 0 unspecified atom stereocenters. The van der Waals surface area contributed by atoms with Crippen molar-refractivity contribution in [2.24, 2.45) is 0 Å². The molecular weight excluding hydrogens is 248 g/mol. The van der Waals surface area contributed by atoms with E-state index in [1.54, 1.807) is 0 Å². The van der Waals surface area contributed by atoms with Gasteiger partial charge in [0.15, 0.2) is 0 Å². The van der Waals surface area contributed by atoms with E-state index in [4.69, 9.17) is 5.11 Å². The Morgan fingerprint density at radius 1 is 1.58 bits per heavy atom. The Bertz CT molecular complexity index is 462. The summed E-state index contributed by atoms with van der Waals surface area (Å²) < 4.78 is 0. The fraction of sp³-hybridized carbons (Fsp3) is 0.583. The topological polar surface area (TPSA) is 91.5 Å². The number of nitrogens with zero attached hydrogens (tertiary/aromatic N) is 3. The monoisotopic (exact) mass is 266 g/mol. The molecule has 0 aliphatic heterocycles. The van der Waals surface area contributed by atoms with Crippen molar-refractivity contribution in [3.63, 3.8) is 0 Å². The molecule has 19 heavy (non-hydrogen) atoms. The first-order chi connectivity index (χ1) is 9.15. The number of nitro groups is 1. The van der Waals surface area contributed by atoms with Gasteiger partial charge < -0.3 is 15.3 Å². The van der Waals surface area contributed by atoms with E-state index in [0.29, 0.717) is 30.8 Å². The molecule has 1 aliphatic carbocycles. The van der Waals surface area contributed by atoms with Gasteiger partial charge in [-0.3, -0.25) is 10.1 Å². The van der Waals surface area contributed by atoms with Crippen LogP contribution in [0.4, 0.5) is 17.3 Å². The van der Waals surface area contributed by atoms with E-state index in [-0.39, 0.29) is 12.3 Å². The van der Waals surface area contributed by atoms with E-state index >= 15 is 0 Å². The molecule has 0 bridgehead atoms. The van der Waals surface area contributed by atoms with Crippen molar-refractivity contribution in [2.45, 2.75) is 25.8 Å². The molecular formula is C12H18N4O3. The molecule has 1 aromatic heterocycles. The summed E-state index contributed by atoms with van der Waals surface area (Å²) in [5.41, 5.74) is 0.0181. The predicted molar refractivity (Wildman–Crippen MR) is 72.5 cm³/mol. The summed E-state index contributed by atoms with van der Waals surface area (Å²) in [6.07, 6.45) is 2.09. The molecule has 0 aromatic carbocycles. The number of anilines is 2. The van der Waals surface area contributed by atoms with Crippen LogP contribution in [0.15, 0.2) is 12.1 Å². The molecule has 1 heterocycles. The Morgan fingerprint density at radius 2 is 2.32 bits per heavy atom. The Balaban J connectivity index is 2.33. The summed E-state index contributed by atoms with van der Waals surface area (Å²) in [5, 5.41) is 23.1. The molecule has 0 radical (unpaired) electrons. The average Bonchev–Trinajstić information content (AvgIpc) is 3.20. The fourth-order valence-corrected chi connectivity index (χ4v) is 2.00. The summed E-state index contributed by atoms with van der Waals surface area (Å²) in [7, 11) is 0. The largest absolute Gasteiger partial charge is 0.395 e. The van der Waals surface area contributed by atoms with Gasteiger partial charge in [0.2, 0.25) is 0 Å². The second kappa shape index (κ2) is 5.83. The summed E-state index contributed by atoms with van der Waals surface area (Å²) >= 11 is 0. The first kappa shape index (κ1) is 13.5. The van der Waals surface area contributed by atoms with E-state index in [1.807, 2.05) is 11.8 Å². The number of nitrogens with one attached hydrogen (secondary N) is 1. The van der Waals surface area contributed by atoms with Crippen LogP contribution >= 0.6 is 0 Å². The maximum Gasteiger partial charge on any atom is 0.276 e. The summed E-state index contributed by atoms with van der Waals surface area (Å²) in [4.78, 5) is 16.9. The zero-order valence-electron chi connectivity index (χ0n) is 10.9. The van der Waals surface area contributed by atoms with Gasteiger partial charge in [0.1, 0.15) is 11.6 Å². The van der Waals surface area contributed by atoms with Crippen molar-refractivity contribution in [1.29, 1.82) is 0 Å². The van der Waals surface area contributed by atoms with Crippen LogP contribution in [0.25, 0.3) is 0 Å². The molecule has 1 aromatic rings. The number of aromatic nitrogens is 1. The number of pyridine rings is 1. The molecule has 7 heteroatoms. The first-order valence-electron chi connectivity index (χ1n) is 6.43. The van der Waals surface area contributed by atoms with Crippen molar-refractivity contribution in [2.75, 3.05) is 29.9 Å². The van der Waals surface area contributed by atoms with Crippen LogP contribution in [-0.2, 0) is 0 Å². The fourth-order valence-electron chi connectivity index (χ4n) is 2.00. The molecule has 0 saturated heterocycles. The molecule has 0 amide bonds. The number of aliphatic hydroxyl groups excluding tert-OH is 1. The third kappa shape index (κ3) is 3.31. The maximum atomic E-state index is 11.0. The summed E-state index contributed by atoms with van der Waals surface area (Å²) in [6, 6.07) is 3.24. The zero-order valence-corrected chi connectivity index (χ0v) is 10.9. The van der Waals surface area contributed by atoms with Crippen LogP contribution in [0.1, 0.15) is 19.8 Å². The van der Waals surface area contributed by atoms with Crippen LogP contribution in [0.2, 0.25) is 0 Å². The lowest BCUT2D eigenvalue weighted by molar-refractivity contribution is -0.384. The Hall–Kier alpha value is -1.89. The smallest absolute Gasteiger partial charge is 0.276 e. The van der Waals surface area contributed by atoms with E-state index in [2.05, 4.69) is 10.3 Å². The van der Waals surface area contributed by atoms with Crippen LogP contribution in [-0.4, -0.2) is 40.8 Å². The van der Waals surface area contributed by atoms with Crippen LogP contribution < -0.4 is 10.2 Å². The lowest BCUT2D eigenvalue weighted by atomic mass is 10.3. The molecule has 7 nitrogen and oxygen atoms in total. The molecule has 0 spiro atoms. The van der Waals surface area contributed by atoms with Gasteiger partial charge in [0.05, 0.1) is 23.7 Å². The van der Waals surface area contributed by atoms with E-state index in [1.165, 1.54) is 12.1 Å². The van der Waals surface area contributed by atoms with Gasteiger partial charge in [-0.15, -0.1) is 0 Å². The molecule has 0 atom stereocenters. The normalized spacial score (nSPS) is 14.2. The van der Waals surface area contributed by atoms with Crippen molar-refractivity contribution < 1.29 is 10.0 Å². The number of hydrogen-bond acceptors (Lipinski definition) is 6. The second-order valence-electron chi connectivity index (χ2n) is 4.50. The third-order valence-corrected chi connectivity index (χ3v) is 2.99. The Kier molecular flexibility index (Phi) is 4.16. The molecule has 1 saturated carbocycles. The van der Waals surface area contributed by atoms with Gasteiger partial charge in [-0.25, -0.2) is 4.98 Å². The standard InChI is InChI=1S/C12H18N4O3/c1-2-13-11-7-10(16(18)19)8-12(14-11)15(5-6-17)9-3-4-9/h7-9,17H,2-6H2,1H3,(H,13,14). The van der Waals surface area contributed by atoms with Crippen LogP contribution in [0, 0.1) is 10.1 Å². The predicted octanol–water partition coefficient (Wildman–Crippen LogP) is 1.38. The van der Waals surface area contributed by atoms with Crippen LogP contribution in [0.3, 0.4) is 0 Å². The third-order valence-electron chi connectivity index (χ3n) is 2.99. The number of rotatable bonds is 7. The van der Waals surface area contributed by atoms with Gasteiger partial charge in [-0.05, 0) is 19.8 Å². The molecule has 1 fully saturated rings. The molecule has 2 N–H and O–H groups in total. The highest BCUT2D eigenvalue weighted by Crippen LogP contribution is 2.32. The van der Waals surface area contributed by atoms with Gasteiger partial charge in [-0.1, -0.05) is 0 Å². The lowest BCUT2D eigenvalue weighted by Crippen LogP contribution is -2.30. The number of aliphatic hydroxyl groups is 1. The first-order valence-corrected chi connectivity index (χ1v) is 6.43. The Labute approximate surface area is 111 Å². The second-order valence-corrected chi connectivity index (χ2v) is 4.50. The SMILES string of the molecule is CCNc1cc([N+](=O)[O-])cc(N(CCO)C2CC2)n1. The van der Waals surface area contributed by atoms with Gasteiger partial charge >= 0.3 is 0 Å². The van der Waals surface area contributed by atoms with Crippen molar-refractivity contribution in [3.8, 4) is 0 Å². The highest BCUT2D eigenvalue weighted by molar-refractivity contribution is 5.56. The zero-order chi connectivity index (χ0) is 13.8. The van der Waals surface area contributed by atoms with Gasteiger partial charge in [0.25, 0.3) is 5.69 Å². The van der Waals surface area contributed by atoms with E-state index in [0.717, 1.165) is 12.8 Å². The molecule has 2 rings (SSSR count). The van der Waals surface area contributed by atoms with Crippen molar-refractivity contribution in [1.82, 2.24) is 4.98 Å². The van der Waals surface area contributed by atoms with E-state index in [9.17, 15) is 10.1 Å². The van der Waals surface area contributed by atoms with E-state index < -0.39 is 4.92 Å². The van der Waals surface area contributed by atoms with Crippen molar-refractivity contribution in [3.05, 3.63) is 22.2 Å². The summed E-state index contributed by atoms with van der Waals surface area (Å²) in [5.74, 6) is 1.05. The highest BCUT2D eigenvalue weighted by Gasteiger charge is 2.30. The minimum absolute atomic E-state index is 0.0113. The quantitative estimate of drug-likeness (QED) is 0.572. The Morgan fingerprint density at radius 3 is 2.84 bits per heavy atom. The summed E-state index contributed by atoms with van der Waals surface area (Å²) in [6.45, 7) is 3.02. The molecule has 104 valence electrons. The van der Waals surface area contributed by atoms with Gasteiger partial charge in [-0.2, -0.15) is 0 Å². The average molecular weight is 266 g/mol. The minimum Gasteiger partial charge on any atom is -0.395 e. The van der Waals surface area contributed by atoms with Gasteiger partial charge in [0, 0.05) is 19.1 Å². The number of hydrogen-bond donors (Lipinski definition) is 2. The molecule has 1 aliphatic rings. The maximum absolute atomic E-state index is 11.0. The minimum atomic E-state index is -0.421. The van der Waals surface area contributed by atoms with Crippen molar-refractivity contribution >= 4 is 17.3 Å². The highest BCUT2D eigenvalue weighted by atomic mass is 16.6.